The molecule has 5 nitrogen and oxygen atoms in total. The van der Waals surface area contributed by atoms with Crippen LogP contribution < -0.4 is 16.0 Å². The van der Waals surface area contributed by atoms with Crippen LogP contribution in [0.15, 0.2) is 24.3 Å². The van der Waals surface area contributed by atoms with Gasteiger partial charge in [-0.2, -0.15) is 0 Å². The van der Waals surface area contributed by atoms with Crippen molar-refractivity contribution in [3.05, 3.63) is 24.3 Å². The zero-order chi connectivity index (χ0) is 14.6. The quantitative estimate of drug-likeness (QED) is 0.874. The maximum atomic E-state index is 12.5. The molecular weight excluding hydrogens is 254 g/mol. The Kier molecular flexibility index (Phi) is 4.62. The molecule has 0 radical (unpaired) electrons. The number of ether oxygens (including phenoxy) is 1. The van der Waals surface area contributed by atoms with Crippen molar-refractivity contribution in [3.8, 4) is 0 Å². The first kappa shape index (κ1) is 14.8. The molecule has 0 unspecified atom stereocenters. The summed E-state index contributed by atoms with van der Waals surface area (Å²) in [4.78, 5) is 14.5. The van der Waals surface area contributed by atoms with Gasteiger partial charge in [0, 0.05) is 45.2 Å². The zero-order valence-electron chi connectivity index (χ0n) is 12.2. The highest BCUT2D eigenvalue weighted by Gasteiger charge is 2.38. The number of anilines is 2. The van der Waals surface area contributed by atoms with Crippen molar-refractivity contribution in [1.29, 1.82) is 0 Å². The van der Waals surface area contributed by atoms with Gasteiger partial charge in [0.1, 0.15) is 0 Å². The van der Waals surface area contributed by atoms with E-state index in [0.29, 0.717) is 32.6 Å². The van der Waals surface area contributed by atoms with Crippen molar-refractivity contribution in [2.45, 2.75) is 12.8 Å². The van der Waals surface area contributed by atoms with Crippen LogP contribution in [0, 0.1) is 5.41 Å². The van der Waals surface area contributed by atoms with Crippen LogP contribution in [0.4, 0.5) is 11.4 Å². The summed E-state index contributed by atoms with van der Waals surface area (Å²) in [5, 5.41) is 3.00. The van der Waals surface area contributed by atoms with Gasteiger partial charge in [-0.3, -0.25) is 4.79 Å². The Bertz CT molecular complexity index is 468. The summed E-state index contributed by atoms with van der Waals surface area (Å²) in [6.45, 7) is 1.56. The van der Waals surface area contributed by atoms with Crippen LogP contribution in [-0.4, -0.2) is 39.8 Å². The number of nitrogens with zero attached hydrogens (tertiary/aromatic N) is 1. The predicted molar refractivity (Wildman–Crippen MR) is 80.9 cm³/mol. The average Bonchev–Trinajstić information content (AvgIpc) is 2.48. The van der Waals surface area contributed by atoms with E-state index in [0.717, 1.165) is 11.4 Å². The molecule has 1 heterocycles. The summed E-state index contributed by atoms with van der Waals surface area (Å²) in [6.07, 6.45) is 1.37. The Balaban J connectivity index is 2.12. The fourth-order valence-electron chi connectivity index (χ4n) is 2.41. The third-order valence-corrected chi connectivity index (χ3v) is 3.94. The van der Waals surface area contributed by atoms with E-state index in [1.54, 1.807) is 0 Å². The van der Waals surface area contributed by atoms with Gasteiger partial charge in [0.05, 0.1) is 5.41 Å². The Morgan fingerprint density at radius 3 is 2.70 bits per heavy atom. The van der Waals surface area contributed by atoms with Crippen LogP contribution in [0.1, 0.15) is 12.8 Å². The van der Waals surface area contributed by atoms with E-state index in [2.05, 4.69) is 5.32 Å². The van der Waals surface area contributed by atoms with Crippen molar-refractivity contribution in [2.75, 3.05) is 44.1 Å². The number of carbonyl (C=O) groups is 1. The van der Waals surface area contributed by atoms with Gasteiger partial charge in [-0.15, -0.1) is 0 Å². The molecule has 2 rings (SSSR count). The van der Waals surface area contributed by atoms with Gasteiger partial charge in [-0.1, -0.05) is 6.07 Å². The number of benzene rings is 1. The molecule has 20 heavy (non-hydrogen) atoms. The summed E-state index contributed by atoms with van der Waals surface area (Å²) >= 11 is 0. The molecule has 0 aromatic heterocycles. The smallest absolute Gasteiger partial charge is 0.232 e. The molecular formula is C15H23N3O2. The lowest BCUT2D eigenvalue weighted by atomic mass is 9.79. The maximum Gasteiger partial charge on any atom is 0.232 e. The first-order chi connectivity index (χ1) is 9.57. The summed E-state index contributed by atoms with van der Waals surface area (Å²) in [5.74, 6) is -0.000735. The number of carbonyl (C=O) groups excluding carboxylic acids is 1. The topological polar surface area (TPSA) is 67.6 Å². The molecule has 1 fully saturated rings. The summed E-state index contributed by atoms with van der Waals surface area (Å²) in [7, 11) is 3.95. The van der Waals surface area contributed by atoms with Crippen molar-refractivity contribution < 1.29 is 9.53 Å². The monoisotopic (exact) mass is 277 g/mol. The lowest BCUT2D eigenvalue weighted by Crippen LogP contribution is -2.46. The van der Waals surface area contributed by atoms with E-state index in [-0.39, 0.29) is 5.91 Å². The van der Waals surface area contributed by atoms with Crippen molar-refractivity contribution in [3.63, 3.8) is 0 Å². The van der Waals surface area contributed by atoms with Gasteiger partial charge in [-0.05, 0) is 31.0 Å². The van der Waals surface area contributed by atoms with Crippen LogP contribution in [0.25, 0.3) is 0 Å². The van der Waals surface area contributed by atoms with Crippen molar-refractivity contribution in [2.24, 2.45) is 11.1 Å². The minimum absolute atomic E-state index is 0.000735. The summed E-state index contributed by atoms with van der Waals surface area (Å²) in [5.41, 5.74) is 7.21. The van der Waals surface area contributed by atoms with Crippen LogP contribution in [0.2, 0.25) is 0 Å². The Morgan fingerprint density at radius 2 is 2.10 bits per heavy atom. The van der Waals surface area contributed by atoms with Crippen molar-refractivity contribution >= 4 is 17.3 Å². The lowest BCUT2D eigenvalue weighted by Gasteiger charge is -2.34. The molecule has 3 N–H and O–H groups in total. The highest BCUT2D eigenvalue weighted by molar-refractivity contribution is 5.96. The second-order valence-electron chi connectivity index (χ2n) is 5.50. The van der Waals surface area contributed by atoms with Crippen molar-refractivity contribution in [1.82, 2.24) is 0 Å². The molecule has 1 amide bonds. The molecule has 1 aliphatic rings. The first-order valence-corrected chi connectivity index (χ1v) is 6.94. The standard InChI is InChI=1S/C15H23N3O2/c1-18(2)13-5-3-4-12(10-13)17-14(19)15(11-16)6-8-20-9-7-15/h3-5,10H,6-9,11,16H2,1-2H3,(H,17,19). The number of hydrogen-bond donors (Lipinski definition) is 2. The Hall–Kier alpha value is -1.59. The minimum atomic E-state index is -0.494. The van der Waals surface area contributed by atoms with E-state index in [9.17, 15) is 4.79 Å². The van der Waals surface area contributed by atoms with Gasteiger partial charge < -0.3 is 20.7 Å². The molecule has 5 heteroatoms. The third-order valence-electron chi connectivity index (χ3n) is 3.94. The van der Waals surface area contributed by atoms with E-state index < -0.39 is 5.41 Å². The van der Waals surface area contributed by atoms with E-state index in [1.165, 1.54) is 0 Å². The Labute approximate surface area is 120 Å². The molecule has 0 atom stereocenters. The SMILES string of the molecule is CN(C)c1cccc(NC(=O)C2(CN)CCOCC2)c1. The molecule has 0 bridgehead atoms. The number of hydrogen-bond acceptors (Lipinski definition) is 4. The normalized spacial score (nSPS) is 17.6. The maximum absolute atomic E-state index is 12.5. The molecule has 1 saturated heterocycles. The second kappa shape index (κ2) is 6.24. The first-order valence-electron chi connectivity index (χ1n) is 6.94. The number of nitrogens with one attached hydrogen (secondary N) is 1. The van der Waals surface area contributed by atoms with Gasteiger partial charge in [0.15, 0.2) is 0 Å². The summed E-state index contributed by atoms with van der Waals surface area (Å²) < 4.78 is 5.34. The fraction of sp³-hybridized carbons (Fsp3) is 0.533. The van der Waals surface area contributed by atoms with E-state index in [4.69, 9.17) is 10.5 Å². The lowest BCUT2D eigenvalue weighted by molar-refractivity contribution is -0.130. The highest BCUT2D eigenvalue weighted by Crippen LogP contribution is 2.31. The zero-order valence-corrected chi connectivity index (χ0v) is 12.2. The summed E-state index contributed by atoms with van der Waals surface area (Å²) in [6, 6.07) is 7.79. The van der Waals surface area contributed by atoms with E-state index >= 15 is 0 Å². The molecule has 0 aliphatic carbocycles. The highest BCUT2D eigenvalue weighted by atomic mass is 16.5. The molecule has 0 saturated carbocycles. The Morgan fingerprint density at radius 1 is 1.40 bits per heavy atom. The molecule has 110 valence electrons. The minimum Gasteiger partial charge on any atom is -0.381 e. The van der Waals surface area contributed by atoms with Gasteiger partial charge in [-0.25, -0.2) is 0 Å². The van der Waals surface area contributed by atoms with Crippen LogP contribution in [-0.2, 0) is 9.53 Å². The number of amides is 1. The van der Waals surface area contributed by atoms with E-state index in [1.807, 2.05) is 43.3 Å². The molecule has 1 aromatic rings. The molecule has 0 spiro atoms. The van der Waals surface area contributed by atoms with Crippen LogP contribution in [0.3, 0.4) is 0 Å². The van der Waals surface area contributed by atoms with Gasteiger partial charge in [0.2, 0.25) is 5.91 Å². The largest absolute Gasteiger partial charge is 0.381 e. The molecule has 1 aromatic carbocycles. The van der Waals surface area contributed by atoms with Gasteiger partial charge in [0.25, 0.3) is 0 Å². The number of nitrogens with two attached hydrogens (primary N) is 1. The average molecular weight is 277 g/mol. The molecule has 1 aliphatic heterocycles. The fourth-order valence-corrected chi connectivity index (χ4v) is 2.41. The van der Waals surface area contributed by atoms with Gasteiger partial charge >= 0.3 is 0 Å². The number of rotatable bonds is 4. The predicted octanol–water partition coefficient (Wildman–Crippen LogP) is 1.45. The second-order valence-corrected chi connectivity index (χ2v) is 5.50. The van der Waals surface area contributed by atoms with Crippen LogP contribution >= 0.6 is 0 Å². The third kappa shape index (κ3) is 3.11. The van der Waals surface area contributed by atoms with Crippen LogP contribution in [0.5, 0.6) is 0 Å².